The number of hydrogen-bond donors (Lipinski definition) is 0. The lowest BCUT2D eigenvalue weighted by Crippen LogP contribution is -2.10. The van der Waals surface area contributed by atoms with Crippen LogP contribution in [0.1, 0.15) is 12.5 Å². The first-order chi connectivity index (χ1) is 17.7. The van der Waals surface area contributed by atoms with Crippen LogP contribution in [0.5, 0.6) is 0 Å². The average Bonchev–Trinajstić information content (AvgIpc) is 2.95. The van der Waals surface area contributed by atoms with Crippen molar-refractivity contribution in [3.05, 3.63) is 158 Å². The van der Waals surface area contributed by atoms with Gasteiger partial charge in [-0.2, -0.15) is 0 Å². The molecule has 0 N–H and O–H groups in total. The van der Waals surface area contributed by atoms with Gasteiger partial charge in [0, 0.05) is 17.1 Å². The van der Waals surface area contributed by atoms with Gasteiger partial charge in [-0.05, 0) is 76.7 Å². The summed E-state index contributed by atoms with van der Waals surface area (Å²) < 4.78 is 0. The standard InChI is InChI=1S/C35H29N/c1-3-11-27(2)28-18-22-33(23-19-28)36(34-24-20-31(21-25-34)29-12-6-4-7-13-29)35-17-10-16-32(26-35)30-14-8-5-9-15-30/h3-26H,2H2,1H3/b11-3-. The average molecular weight is 464 g/mol. The molecule has 0 aromatic heterocycles. The van der Waals surface area contributed by atoms with Crippen LogP contribution in [0.3, 0.4) is 0 Å². The van der Waals surface area contributed by atoms with Gasteiger partial charge in [0.05, 0.1) is 0 Å². The van der Waals surface area contributed by atoms with Crippen molar-refractivity contribution in [2.45, 2.75) is 6.92 Å². The van der Waals surface area contributed by atoms with Crippen LogP contribution in [0.15, 0.2) is 152 Å². The summed E-state index contributed by atoms with van der Waals surface area (Å²) in [5.41, 5.74) is 10.3. The molecule has 5 aromatic rings. The van der Waals surface area contributed by atoms with E-state index >= 15 is 0 Å². The summed E-state index contributed by atoms with van der Waals surface area (Å²) in [6.45, 7) is 6.20. The number of rotatable bonds is 7. The van der Waals surface area contributed by atoms with E-state index in [1.54, 1.807) is 0 Å². The Morgan fingerprint density at radius 1 is 0.528 bits per heavy atom. The smallest absolute Gasteiger partial charge is 0.0467 e. The van der Waals surface area contributed by atoms with Gasteiger partial charge in [-0.15, -0.1) is 0 Å². The first kappa shape index (κ1) is 23.1. The first-order valence-corrected chi connectivity index (χ1v) is 12.3. The normalized spacial score (nSPS) is 10.9. The fourth-order valence-corrected chi connectivity index (χ4v) is 4.46. The molecule has 0 aliphatic rings. The summed E-state index contributed by atoms with van der Waals surface area (Å²) in [7, 11) is 0. The van der Waals surface area contributed by atoms with Crippen LogP contribution in [-0.2, 0) is 0 Å². The Balaban J connectivity index is 1.58. The molecule has 0 amide bonds. The fraction of sp³-hybridized carbons (Fsp3) is 0.0286. The maximum Gasteiger partial charge on any atom is 0.0467 e. The van der Waals surface area contributed by atoms with Crippen molar-refractivity contribution < 1.29 is 0 Å². The predicted octanol–water partition coefficient (Wildman–Crippen LogP) is 10.1. The van der Waals surface area contributed by atoms with Crippen LogP contribution < -0.4 is 4.90 Å². The molecule has 1 nitrogen and oxygen atoms in total. The summed E-state index contributed by atoms with van der Waals surface area (Å²) in [5, 5.41) is 0. The summed E-state index contributed by atoms with van der Waals surface area (Å²) in [5.74, 6) is 0. The Labute approximate surface area is 214 Å². The largest absolute Gasteiger partial charge is 0.310 e. The van der Waals surface area contributed by atoms with Gasteiger partial charge < -0.3 is 4.90 Å². The van der Waals surface area contributed by atoms with E-state index in [-0.39, 0.29) is 0 Å². The van der Waals surface area contributed by atoms with Crippen molar-refractivity contribution in [1.82, 2.24) is 0 Å². The Morgan fingerprint density at radius 2 is 1.03 bits per heavy atom. The van der Waals surface area contributed by atoms with E-state index in [1.807, 2.05) is 25.1 Å². The lowest BCUT2D eigenvalue weighted by molar-refractivity contribution is 1.28. The van der Waals surface area contributed by atoms with Crippen LogP contribution in [-0.4, -0.2) is 0 Å². The summed E-state index contributed by atoms with van der Waals surface area (Å²) in [6, 6.07) is 47.2. The topological polar surface area (TPSA) is 3.24 Å². The molecule has 0 fully saturated rings. The van der Waals surface area contributed by atoms with Gasteiger partial charge in [0.25, 0.3) is 0 Å². The molecule has 0 aliphatic heterocycles. The highest BCUT2D eigenvalue weighted by atomic mass is 15.1. The molecule has 0 spiro atoms. The third-order valence-corrected chi connectivity index (χ3v) is 6.31. The fourth-order valence-electron chi connectivity index (χ4n) is 4.46. The van der Waals surface area contributed by atoms with Gasteiger partial charge in [0.2, 0.25) is 0 Å². The van der Waals surface area contributed by atoms with Gasteiger partial charge in [0.15, 0.2) is 0 Å². The second-order valence-electron chi connectivity index (χ2n) is 8.74. The predicted molar refractivity (Wildman–Crippen MR) is 156 cm³/mol. The van der Waals surface area contributed by atoms with E-state index in [0.717, 1.165) is 28.2 Å². The number of benzene rings is 5. The Bertz CT molecular complexity index is 1460. The highest BCUT2D eigenvalue weighted by molar-refractivity contribution is 5.82. The highest BCUT2D eigenvalue weighted by Crippen LogP contribution is 2.37. The molecule has 5 aromatic carbocycles. The summed E-state index contributed by atoms with van der Waals surface area (Å²) in [4.78, 5) is 2.31. The van der Waals surface area contributed by atoms with Gasteiger partial charge in [-0.3, -0.25) is 0 Å². The Morgan fingerprint density at radius 3 is 1.61 bits per heavy atom. The van der Waals surface area contributed by atoms with E-state index in [1.165, 1.54) is 22.3 Å². The maximum absolute atomic E-state index is 4.19. The van der Waals surface area contributed by atoms with E-state index < -0.39 is 0 Å². The van der Waals surface area contributed by atoms with Crippen LogP contribution >= 0.6 is 0 Å². The molecule has 1 heteroatoms. The molecular weight excluding hydrogens is 434 g/mol. The Hall–Kier alpha value is -4.62. The van der Waals surface area contributed by atoms with Crippen molar-refractivity contribution in [3.63, 3.8) is 0 Å². The Kier molecular flexibility index (Phi) is 6.91. The van der Waals surface area contributed by atoms with E-state index in [0.29, 0.717) is 0 Å². The zero-order valence-electron chi connectivity index (χ0n) is 20.5. The third-order valence-electron chi connectivity index (χ3n) is 6.31. The van der Waals surface area contributed by atoms with E-state index in [9.17, 15) is 0 Å². The maximum atomic E-state index is 4.19. The van der Waals surface area contributed by atoms with Crippen molar-refractivity contribution in [2.75, 3.05) is 4.90 Å². The van der Waals surface area contributed by atoms with Crippen LogP contribution in [0.4, 0.5) is 17.1 Å². The minimum absolute atomic E-state index is 1.01. The molecule has 0 bridgehead atoms. The quantitative estimate of drug-likeness (QED) is 0.217. The second-order valence-corrected chi connectivity index (χ2v) is 8.74. The minimum atomic E-state index is 1.01. The molecule has 0 saturated heterocycles. The molecular formula is C35H29N. The lowest BCUT2D eigenvalue weighted by Gasteiger charge is -2.26. The lowest BCUT2D eigenvalue weighted by atomic mass is 10.0. The molecule has 174 valence electrons. The molecule has 0 aliphatic carbocycles. The van der Waals surface area contributed by atoms with E-state index in [4.69, 9.17) is 0 Å². The van der Waals surface area contributed by atoms with E-state index in [2.05, 4.69) is 139 Å². The molecule has 0 saturated carbocycles. The van der Waals surface area contributed by atoms with Gasteiger partial charge in [-0.1, -0.05) is 116 Å². The molecule has 0 atom stereocenters. The SMILES string of the molecule is C=C(/C=C\C)c1ccc(N(c2ccc(-c3ccccc3)cc2)c2cccc(-c3ccccc3)c2)cc1. The van der Waals surface area contributed by atoms with Crippen molar-refractivity contribution in [2.24, 2.45) is 0 Å². The summed E-state index contributed by atoms with van der Waals surface area (Å²) in [6.07, 6.45) is 4.06. The first-order valence-electron chi connectivity index (χ1n) is 12.3. The van der Waals surface area contributed by atoms with Gasteiger partial charge in [0.1, 0.15) is 0 Å². The molecule has 36 heavy (non-hydrogen) atoms. The van der Waals surface area contributed by atoms with Crippen LogP contribution in [0, 0.1) is 0 Å². The molecule has 5 rings (SSSR count). The molecule has 0 heterocycles. The van der Waals surface area contributed by atoms with Gasteiger partial charge in [-0.25, -0.2) is 0 Å². The number of nitrogens with zero attached hydrogens (tertiary/aromatic N) is 1. The monoisotopic (exact) mass is 463 g/mol. The highest BCUT2D eigenvalue weighted by Gasteiger charge is 2.14. The zero-order valence-corrected chi connectivity index (χ0v) is 20.5. The number of hydrogen-bond acceptors (Lipinski definition) is 1. The molecule has 0 radical (unpaired) electrons. The third kappa shape index (κ3) is 5.06. The number of anilines is 3. The van der Waals surface area contributed by atoms with Crippen molar-refractivity contribution in [3.8, 4) is 22.3 Å². The minimum Gasteiger partial charge on any atom is -0.310 e. The second kappa shape index (κ2) is 10.8. The number of allylic oxidation sites excluding steroid dienone is 3. The molecule has 0 unspecified atom stereocenters. The summed E-state index contributed by atoms with van der Waals surface area (Å²) >= 11 is 0. The van der Waals surface area contributed by atoms with Crippen LogP contribution in [0.2, 0.25) is 0 Å². The van der Waals surface area contributed by atoms with Crippen LogP contribution in [0.25, 0.3) is 27.8 Å². The van der Waals surface area contributed by atoms with Crippen molar-refractivity contribution >= 4 is 22.6 Å². The van der Waals surface area contributed by atoms with Gasteiger partial charge >= 0.3 is 0 Å². The van der Waals surface area contributed by atoms with Crippen molar-refractivity contribution in [1.29, 1.82) is 0 Å². The zero-order chi connectivity index (χ0) is 24.7.